The quantitative estimate of drug-likeness (QED) is 0.678. The lowest BCUT2D eigenvalue weighted by atomic mass is 10.1. The second-order valence-corrected chi connectivity index (χ2v) is 7.33. The molecule has 0 spiro atoms. The van der Waals surface area contributed by atoms with Gasteiger partial charge in [-0.3, -0.25) is 0 Å². The molecule has 22 heavy (non-hydrogen) atoms. The molecule has 1 aliphatic heterocycles. The topological polar surface area (TPSA) is 31.9 Å². The molecule has 3 aromatic rings. The lowest BCUT2D eigenvalue weighted by molar-refractivity contribution is 1.01. The summed E-state index contributed by atoms with van der Waals surface area (Å²) in [6.45, 7) is 2.95. The van der Waals surface area contributed by atoms with Gasteiger partial charge in [0.05, 0.1) is 11.0 Å². The molecule has 0 saturated carbocycles. The number of aryl methyl sites for hydroxylation is 1. The number of aromatic amines is 1. The van der Waals surface area contributed by atoms with Gasteiger partial charge in [-0.25, -0.2) is 4.98 Å². The molecule has 110 valence electrons. The first-order chi connectivity index (χ1) is 10.7. The highest BCUT2D eigenvalue weighted by Gasteiger charge is 2.13. The number of aromatic nitrogens is 2. The number of thiophene rings is 1. The van der Waals surface area contributed by atoms with E-state index in [1.54, 1.807) is 0 Å². The average Bonchev–Trinajstić information content (AvgIpc) is 3.11. The molecule has 1 aliphatic rings. The highest BCUT2D eigenvalue weighted by Crippen LogP contribution is 2.33. The van der Waals surface area contributed by atoms with Crippen LogP contribution in [0.15, 0.2) is 53.2 Å². The van der Waals surface area contributed by atoms with Gasteiger partial charge in [-0.05, 0) is 52.7 Å². The van der Waals surface area contributed by atoms with E-state index in [4.69, 9.17) is 0 Å². The van der Waals surface area contributed by atoms with Crippen molar-refractivity contribution in [2.75, 3.05) is 11.4 Å². The number of rotatable bonds is 2. The number of anilines is 1. The van der Waals surface area contributed by atoms with Crippen molar-refractivity contribution in [1.82, 2.24) is 9.97 Å². The van der Waals surface area contributed by atoms with Gasteiger partial charge in [0.2, 0.25) is 5.95 Å². The molecule has 0 aliphatic carbocycles. The van der Waals surface area contributed by atoms with Gasteiger partial charge in [0.25, 0.3) is 0 Å². The van der Waals surface area contributed by atoms with Gasteiger partial charge in [-0.15, -0.1) is 11.3 Å². The van der Waals surface area contributed by atoms with Crippen LogP contribution in [-0.2, 0) is 0 Å². The number of fused-ring (bicyclic) bond motifs is 1. The third-order valence-corrected chi connectivity index (χ3v) is 5.92. The van der Waals surface area contributed by atoms with E-state index < -0.39 is 0 Å². The van der Waals surface area contributed by atoms with Crippen LogP contribution in [0.1, 0.15) is 9.75 Å². The normalized spacial score (nSPS) is 14.6. The zero-order valence-corrected chi connectivity index (χ0v) is 14.4. The lowest BCUT2D eigenvalue weighted by Gasteiger charge is -2.19. The molecule has 1 N–H and O–H groups in total. The zero-order chi connectivity index (χ0) is 15.1. The second-order valence-electron chi connectivity index (χ2n) is 5.22. The Bertz CT molecular complexity index is 851. The first kappa shape index (κ1) is 13.8. The molecule has 0 bridgehead atoms. The van der Waals surface area contributed by atoms with Crippen molar-refractivity contribution >= 4 is 49.8 Å². The number of allylic oxidation sites excluding steroid dienone is 2. The maximum absolute atomic E-state index is 4.64. The SMILES string of the molecule is Cc1sc(C2=CCN(c3nc4ccccc4[nH]3)C=C2)cc1Br. The van der Waals surface area contributed by atoms with Gasteiger partial charge in [0.15, 0.2) is 0 Å². The van der Waals surface area contributed by atoms with E-state index in [2.05, 4.69) is 62.1 Å². The van der Waals surface area contributed by atoms with E-state index in [9.17, 15) is 0 Å². The van der Waals surface area contributed by atoms with Crippen LogP contribution in [-0.4, -0.2) is 16.5 Å². The van der Waals surface area contributed by atoms with Crippen molar-refractivity contribution in [2.45, 2.75) is 6.92 Å². The first-order valence-corrected chi connectivity index (χ1v) is 8.68. The van der Waals surface area contributed by atoms with Gasteiger partial charge >= 0.3 is 0 Å². The third kappa shape index (κ3) is 2.40. The highest BCUT2D eigenvalue weighted by atomic mass is 79.9. The second kappa shape index (κ2) is 5.41. The lowest BCUT2D eigenvalue weighted by Crippen LogP contribution is -2.19. The summed E-state index contributed by atoms with van der Waals surface area (Å²) in [5, 5.41) is 0. The molecule has 0 atom stereocenters. The van der Waals surface area contributed by atoms with E-state index in [0.717, 1.165) is 23.5 Å². The highest BCUT2D eigenvalue weighted by molar-refractivity contribution is 9.10. The van der Waals surface area contributed by atoms with E-state index >= 15 is 0 Å². The summed E-state index contributed by atoms with van der Waals surface area (Å²) in [5.74, 6) is 0.885. The number of halogens is 1. The van der Waals surface area contributed by atoms with Crippen molar-refractivity contribution in [2.24, 2.45) is 0 Å². The maximum atomic E-state index is 4.64. The Morgan fingerprint density at radius 3 is 2.86 bits per heavy atom. The predicted octanol–water partition coefficient (Wildman–Crippen LogP) is 5.11. The summed E-state index contributed by atoms with van der Waals surface area (Å²) < 4.78 is 1.18. The maximum Gasteiger partial charge on any atom is 0.208 e. The Kier molecular flexibility index (Phi) is 3.39. The number of nitrogens with zero attached hydrogens (tertiary/aromatic N) is 2. The molecule has 0 saturated heterocycles. The van der Waals surface area contributed by atoms with Crippen molar-refractivity contribution in [3.05, 3.63) is 62.9 Å². The molecule has 1 aromatic carbocycles. The first-order valence-electron chi connectivity index (χ1n) is 7.07. The van der Waals surface area contributed by atoms with Crippen LogP contribution in [0.5, 0.6) is 0 Å². The Morgan fingerprint density at radius 2 is 2.18 bits per heavy atom. The predicted molar refractivity (Wildman–Crippen MR) is 97.3 cm³/mol. The number of imidazole rings is 1. The number of H-pyrrole nitrogens is 1. The van der Waals surface area contributed by atoms with Crippen molar-refractivity contribution in [3.8, 4) is 0 Å². The number of para-hydroxylation sites is 2. The van der Waals surface area contributed by atoms with Crippen molar-refractivity contribution in [1.29, 1.82) is 0 Å². The Morgan fingerprint density at radius 1 is 1.32 bits per heavy atom. The van der Waals surface area contributed by atoms with Crippen LogP contribution >= 0.6 is 27.3 Å². The van der Waals surface area contributed by atoms with Gasteiger partial charge in [0, 0.05) is 27.0 Å². The van der Waals surface area contributed by atoms with Gasteiger partial charge in [0.1, 0.15) is 0 Å². The Hall–Kier alpha value is -1.85. The van der Waals surface area contributed by atoms with E-state index in [-0.39, 0.29) is 0 Å². The summed E-state index contributed by atoms with van der Waals surface area (Å²) in [4.78, 5) is 12.7. The molecular formula is C17H14BrN3S. The fourth-order valence-corrected chi connectivity index (χ4v) is 4.07. The minimum Gasteiger partial charge on any atom is -0.324 e. The molecule has 2 aromatic heterocycles. The van der Waals surface area contributed by atoms with Crippen LogP contribution in [0.3, 0.4) is 0 Å². The third-order valence-electron chi connectivity index (χ3n) is 3.73. The molecular weight excluding hydrogens is 358 g/mol. The molecule has 0 amide bonds. The van der Waals surface area contributed by atoms with Crippen molar-refractivity contribution < 1.29 is 0 Å². The fourth-order valence-electron chi connectivity index (χ4n) is 2.51. The average molecular weight is 372 g/mol. The molecule has 0 unspecified atom stereocenters. The van der Waals surface area contributed by atoms with Crippen LogP contribution in [0.25, 0.3) is 16.6 Å². The molecule has 0 radical (unpaired) electrons. The largest absolute Gasteiger partial charge is 0.324 e. The van der Waals surface area contributed by atoms with Crippen molar-refractivity contribution in [3.63, 3.8) is 0 Å². The van der Waals surface area contributed by atoms with E-state index in [1.807, 2.05) is 35.6 Å². The van der Waals surface area contributed by atoms with Crippen LogP contribution in [0.2, 0.25) is 0 Å². The number of benzene rings is 1. The van der Waals surface area contributed by atoms with Crippen LogP contribution in [0.4, 0.5) is 5.95 Å². The summed E-state index contributed by atoms with van der Waals surface area (Å²) in [7, 11) is 0. The standard InChI is InChI=1S/C17H14BrN3S/c1-11-13(18)10-16(22-11)12-6-8-21(9-7-12)17-19-14-4-2-3-5-15(14)20-17/h2-8,10H,9H2,1H3,(H,19,20). The molecule has 4 rings (SSSR count). The summed E-state index contributed by atoms with van der Waals surface area (Å²) in [6, 6.07) is 10.3. The number of nitrogens with one attached hydrogen (secondary N) is 1. The minimum atomic E-state index is 0.820. The monoisotopic (exact) mass is 371 g/mol. The van der Waals surface area contributed by atoms with Crippen LogP contribution in [0, 0.1) is 6.92 Å². The Balaban J connectivity index is 1.59. The Labute approximate surface area is 141 Å². The smallest absolute Gasteiger partial charge is 0.208 e. The van der Waals surface area contributed by atoms with Gasteiger partial charge < -0.3 is 9.88 Å². The zero-order valence-electron chi connectivity index (χ0n) is 12.0. The molecule has 3 heterocycles. The summed E-state index contributed by atoms with van der Waals surface area (Å²) in [5.41, 5.74) is 3.34. The summed E-state index contributed by atoms with van der Waals surface area (Å²) >= 11 is 5.40. The fraction of sp³-hybridized carbons (Fsp3) is 0.118. The van der Waals surface area contributed by atoms with Gasteiger partial charge in [-0.2, -0.15) is 0 Å². The number of hydrogen-bond donors (Lipinski definition) is 1. The van der Waals surface area contributed by atoms with Gasteiger partial charge in [-0.1, -0.05) is 18.2 Å². The summed E-state index contributed by atoms with van der Waals surface area (Å²) in [6.07, 6.45) is 6.48. The molecule has 5 heteroatoms. The van der Waals surface area contributed by atoms with E-state index in [1.165, 1.54) is 19.8 Å². The number of hydrogen-bond acceptors (Lipinski definition) is 3. The minimum absolute atomic E-state index is 0.820. The molecule has 3 nitrogen and oxygen atoms in total. The van der Waals surface area contributed by atoms with E-state index in [0.29, 0.717) is 0 Å². The molecule has 0 fully saturated rings. The van der Waals surface area contributed by atoms with Crippen LogP contribution < -0.4 is 4.90 Å².